The first-order valence-electron chi connectivity index (χ1n) is 16.8. The molecule has 0 bridgehead atoms. The van der Waals surface area contributed by atoms with Gasteiger partial charge in [0.05, 0.1) is 20.1 Å². The van der Waals surface area contributed by atoms with Crippen LogP contribution in [0.2, 0.25) is 0 Å². The van der Waals surface area contributed by atoms with E-state index in [1.165, 1.54) is 7.05 Å². The zero-order valence-electron chi connectivity index (χ0n) is 27.2. The summed E-state index contributed by atoms with van der Waals surface area (Å²) < 4.78 is 132. The number of rotatable bonds is 15. The van der Waals surface area contributed by atoms with E-state index in [4.69, 9.17) is 0 Å². The highest BCUT2D eigenvalue weighted by Gasteiger charge is 2.81. The first-order chi connectivity index (χ1) is 22.1. The van der Waals surface area contributed by atoms with Crippen LogP contribution in [0.4, 0.5) is 43.9 Å². The van der Waals surface area contributed by atoms with Crippen LogP contribution in [0.25, 0.3) is 0 Å². The number of hydroxylamine groups is 3. The molecule has 48 heavy (non-hydrogen) atoms. The number of quaternary nitrogens is 1. The summed E-state index contributed by atoms with van der Waals surface area (Å²) in [5.74, 6) is -19.0. The average Bonchev–Trinajstić information content (AvgIpc) is 3.26. The number of phenolic OH excluding ortho intramolecular Hbond substituents is 1. The molecule has 14 heteroatoms. The molecule has 0 aromatic heterocycles. The predicted molar refractivity (Wildman–Crippen MR) is 159 cm³/mol. The number of carbonyl (C=O) groups is 1. The standard InChI is InChI=1S/C34H45F10NO3/c1-30-20-26(35)29-24-12-11-23(46)19-22(24)18-21(28(29)25(30)13-14-27(30)47)10-6-5-9-17-45(2,48)16-8-4-3-7-15-31(36,37)32(38,39)33(40,41)34(42,43)44/h11-12,19,21,25-26,28-29,46H,3-10,13-18,20H2,1-2H3. The van der Waals surface area contributed by atoms with Crippen LogP contribution in [0.15, 0.2) is 18.2 Å². The van der Waals surface area contributed by atoms with E-state index < -0.39 is 53.0 Å². The summed E-state index contributed by atoms with van der Waals surface area (Å²) in [6.45, 7) is 2.23. The molecular weight excluding hydrogens is 660 g/mol. The van der Waals surface area contributed by atoms with Gasteiger partial charge >= 0.3 is 23.9 Å². The fourth-order valence-corrected chi connectivity index (χ4v) is 8.69. The van der Waals surface area contributed by atoms with Crippen molar-refractivity contribution in [3.63, 3.8) is 0 Å². The molecule has 1 aromatic carbocycles. The zero-order valence-corrected chi connectivity index (χ0v) is 27.2. The second-order valence-electron chi connectivity index (χ2n) is 14.8. The molecule has 2 fully saturated rings. The van der Waals surface area contributed by atoms with Gasteiger partial charge in [-0.2, -0.15) is 39.5 Å². The first kappa shape index (κ1) is 38.7. The third-order valence-electron chi connectivity index (χ3n) is 11.3. The van der Waals surface area contributed by atoms with Gasteiger partial charge in [0.25, 0.3) is 0 Å². The molecule has 1 N–H and O–H groups in total. The smallest absolute Gasteiger partial charge is 0.460 e. The Morgan fingerprint density at radius 2 is 1.52 bits per heavy atom. The molecule has 7 unspecified atom stereocenters. The van der Waals surface area contributed by atoms with Crippen molar-refractivity contribution in [2.75, 3.05) is 20.1 Å². The van der Waals surface area contributed by atoms with E-state index in [1.807, 2.05) is 13.0 Å². The van der Waals surface area contributed by atoms with Crippen LogP contribution in [0.3, 0.4) is 0 Å². The largest absolute Gasteiger partial charge is 0.633 e. The van der Waals surface area contributed by atoms with Crippen molar-refractivity contribution in [3.8, 4) is 5.75 Å². The number of benzene rings is 1. The van der Waals surface area contributed by atoms with Crippen molar-refractivity contribution in [2.24, 2.45) is 23.2 Å². The van der Waals surface area contributed by atoms with Crippen LogP contribution >= 0.6 is 0 Å². The Morgan fingerprint density at radius 3 is 2.15 bits per heavy atom. The van der Waals surface area contributed by atoms with Gasteiger partial charge in [0.15, 0.2) is 0 Å². The molecule has 7 atom stereocenters. The summed E-state index contributed by atoms with van der Waals surface area (Å²) >= 11 is 0. The number of aromatic hydroxyl groups is 1. The van der Waals surface area contributed by atoms with Gasteiger partial charge in [-0.15, -0.1) is 0 Å². The lowest BCUT2D eigenvalue weighted by Gasteiger charge is -2.53. The van der Waals surface area contributed by atoms with Gasteiger partial charge in [-0.25, -0.2) is 4.39 Å². The molecule has 274 valence electrons. The number of alkyl halides is 10. The number of hydrogen-bond acceptors (Lipinski definition) is 3. The van der Waals surface area contributed by atoms with Crippen LogP contribution in [-0.2, 0) is 11.2 Å². The van der Waals surface area contributed by atoms with E-state index in [1.54, 1.807) is 12.1 Å². The van der Waals surface area contributed by atoms with E-state index in [9.17, 15) is 54.6 Å². The Bertz CT molecular complexity index is 1290. The van der Waals surface area contributed by atoms with Crippen molar-refractivity contribution < 1.29 is 58.5 Å². The number of unbranched alkanes of at least 4 members (excludes halogenated alkanes) is 5. The summed E-state index contributed by atoms with van der Waals surface area (Å²) in [5, 5.41) is 23.0. The zero-order chi connectivity index (χ0) is 35.9. The Morgan fingerprint density at radius 1 is 0.917 bits per heavy atom. The van der Waals surface area contributed by atoms with E-state index >= 15 is 4.39 Å². The predicted octanol–water partition coefficient (Wildman–Crippen LogP) is 9.91. The Hall–Kier alpha value is -2.09. The van der Waals surface area contributed by atoms with Gasteiger partial charge in [-0.05, 0) is 98.8 Å². The molecule has 3 aliphatic carbocycles. The number of hydrogen-bond donors (Lipinski definition) is 1. The SMILES string of the molecule is CC12CC(F)C3c4ccc(O)cc4CC(CCCCC[N+](C)([O-])CCCCCCC(F)(F)C(F)(F)C(F)(F)C(F)(F)F)C3C1CCC2=O. The number of carbonyl (C=O) groups excluding carboxylic acids is 1. The molecule has 0 saturated heterocycles. The van der Waals surface area contributed by atoms with Crippen LogP contribution in [-0.4, -0.2) is 65.8 Å². The second kappa shape index (κ2) is 13.9. The normalized spacial score (nSPS) is 29.3. The Kier molecular flexibility index (Phi) is 11.2. The van der Waals surface area contributed by atoms with Crippen LogP contribution in [0.1, 0.15) is 101 Å². The minimum Gasteiger partial charge on any atom is -0.633 e. The fourth-order valence-electron chi connectivity index (χ4n) is 8.69. The fraction of sp³-hybridized carbons (Fsp3) is 0.794. The Balaban J connectivity index is 1.22. The average molecular weight is 706 g/mol. The summed E-state index contributed by atoms with van der Waals surface area (Å²) in [6.07, 6.45) is -5.49. The number of phenols is 1. The van der Waals surface area contributed by atoms with Gasteiger partial charge in [0.1, 0.15) is 17.7 Å². The molecule has 0 amide bonds. The van der Waals surface area contributed by atoms with E-state index in [-0.39, 0.29) is 74.0 Å². The molecular formula is C34H45F10NO3. The third kappa shape index (κ3) is 7.49. The second-order valence-corrected chi connectivity index (χ2v) is 14.8. The number of ketones is 1. The highest BCUT2D eigenvalue weighted by molar-refractivity contribution is 5.87. The maximum atomic E-state index is 15.9. The molecule has 4 rings (SSSR count). The topological polar surface area (TPSA) is 60.4 Å². The van der Waals surface area contributed by atoms with Crippen LogP contribution in [0.5, 0.6) is 5.75 Å². The van der Waals surface area contributed by atoms with E-state index in [0.29, 0.717) is 25.7 Å². The van der Waals surface area contributed by atoms with Crippen LogP contribution in [0, 0.1) is 28.4 Å². The molecule has 0 aliphatic heterocycles. The lowest BCUT2D eigenvalue weighted by molar-refractivity contribution is -0.861. The minimum atomic E-state index is -6.88. The van der Waals surface area contributed by atoms with Crippen molar-refractivity contribution in [1.82, 2.24) is 0 Å². The molecule has 0 heterocycles. The first-order valence-corrected chi connectivity index (χ1v) is 16.8. The Labute approximate surface area is 274 Å². The number of nitrogens with zero attached hydrogens (tertiary/aromatic N) is 1. The van der Waals surface area contributed by atoms with Crippen molar-refractivity contribution >= 4 is 5.78 Å². The van der Waals surface area contributed by atoms with Gasteiger partial charge in [0, 0.05) is 24.2 Å². The number of halogens is 10. The lowest BCUT2D eigenvalue weighted by Crippen LogP contribution is -2.60. The highest BCUT2D eigenvalue weighted by Crippen LogP contribution is 2.62. The summed E-state index contributed by atoms with van der Waals surface area (Å²) in [5.41, 5.74) is 1.16. The third-order valence-corrected chi connectivity index (χ3v) is 11.3. The van der Waals surface area contributed by atoms with Crippen molar-refractivity contribution in [1.29, 1.82) is 0 Å². The van der Waals surface area contributed by atoms with Gasteiger partial charge in [-0.1, -0.05) is 25.8 Å². The minimum absolute atomic E-state index is 0.00453. The van der Waals surface area contributed by atoms with Crippen molar-refractivity contribution in [2.45, 2.75) is 126 Å². The van der Waals surface area contributed by atoms with Crippen molar-refractivity contribution in [3.05, 3.63) is 34.5 Å². The summed E-state index contributed by atoms with van der Waals surface area (Å²) in [7, 11) is 1.43. The molecule has 0 radical (unpaired) electrons. The number of Topliss-reactive ketones (excluding diaryl/α,β-unsaturated/α-hetero) is 1. The summed E-state index contributed by atoms with van der Waals surface area (Å²) in [6, 6.07) is 5.10. The molecule has 3 aliphatic rings. The van der Waals surface area contributed by atoms with Gasteiger partial charge in [0.2, 0.25) is 0 Å². The van der Waals surface area contributed by atoms with E-state index in [2.05, 4.69) is 0 Å². The number of fused-ring (bicyclic) bond motifs is 5. The quantitative estimate of drug-likeness (QED) is 0.0856. The molecule has 0 spiro atoms. The van der Waals surface area contributed by atoms with Gasteiger partial charge in [-0.3, -0.25) is 4.79 Å². The summed E-state index contributed by atoms with van der Waals surface area (Å²) in [4.78, 5) is 12.9. The maximum absolute atomic E-state index is 15.9. The van der Waals surface area contributed by atoms with Crippen LogP contribution < -0.4 is 0 Å². The monoisotopic (exact) mass is 705 g/mol. The highest BCUT2D eigenvalue weighted by atomic mass is 19.4. The van der Waals surface area contributed by atoms with E-state index in [0.717, 1.165) is 30.4 Å². The molecule has 1 aromatic rings. The van der Waals surface area contributed by atoms with Gasteiger partial charge < -0.3 is 15.0 Å². The molecule has 4 nitrogen and oxygen atoms in total. The lowest BCUT2D eigenvalue weighted by atomic mass is 9.51. The maximum Gasteiger partial charge on any atom is 0.460 e. The molecule has 2 saturated carbocycles.